The van der Waals surface area contributed by atoms with Gasteiger partial charge in [0, 0.05) is 19.1 Å². The minimum absolute atomic E-state index is 0.0759. The predicted octanol–water partition coefficient (Wildman–Crippen LogP) is 3.10. The summed E-state index contributed by atoms with van der Waals surface area (Å²) in [5, 5.41) is 2.99. The molecule has 166 valence electrons. The molecule has 2 fully saturated rings. The Hall–Kier alpha value is -1.93. The van der Waals surface area contributed by atoms with Gasteiger partial charge in [0.25, 0.3) is 5.91 Å². The third-order valence-electron chi connectivity index (χ3n) is 6.11. The first-order valence-electron chi connectivity index (χ1n) is 10.9. The lowest BCUT2D eigenvalue weighted by Gasteiger charge is -2.30. The van der Waals surface area contributed by atoms with Gasteiger partial charge in [0.15, 0.2) is 6.10 Å². The number of nitrogens with one attached hydrogen (secondary N) is 1. The zero-order valence-electron chi connectivity index (χ0n) is 17.8. The van der Waals surface area contributed by atoms with Gasteiger partial charge in [0.1, 0.15) is 0 Å². The monoisotopic (exact) mass is 436 g/mol. The molecule has 1 amide bonds. The van der Waals surface area contributed by atoms with Crippen molar-refractivity contribution in [1.82, 2.24) is 9.62 Å². The standard InChI is InChI=1S/C22H32N2O5S/c1-16-9-4-5-12-20(16)23-21(25)17(2)29-22(26)18-10-8-11-19(15-18)30(27,28)24-13-6-3-7-14-24/h8,10-11,15-17,20H,3-7,9,12-14H2,1-2H3,(H,23,25)/t16-,17+,20-/m1/s1. The van der Waals surface area contributed by atoms with Gasteiger partial charge in [0.05, 0.1) is 10.5 Å². The maximum atomic E-state index is 12.9. The van der Waals surface area contributed by atoms with E-state index in [1.54, 1.807) is 0 Å². The highest BCUT2D eigenvalue weighted by molar-refractivity contribution is 7.89. The number of carbonyl (C=O) groups is 2. The van der Waals surface area contributed by atoms with Gasteiger partial charge in [-0.25, -0.2) is 13.2 Å². The lowest BCUT2D eigenvalue weighted by Crippen LogP contribution is -2.46. The SMILES string of the molecule is C[C@H](OC(=O)c1cccc(S(=O)(=O)N2CCCCC2)c1)C(=O)N[C@@H]1CCCC[C@H]1C. The summed E-state index contributed by atoms with van der Waals surface area (Å²) in [7, 11) is -3.64. The van der Waals surface area contributed by atoms with E-state index in [0.717, 1.165) is 38.5 Å². The van der Waals surface area contributed by atoms with E-state index in [1.807, 2.05) is 0 Å². The third kappa shape index (κ3) is 5.40. The number of hydrogen-bond acceptors (Lipinski definition) is 5. The fraction of sp³-hybridized carbons (Fsp3) is 0.636. The van der Waals surface area contributed by atoms with Gasteiger partial charge in [-0.15, -0.1) is 0 Å². The number of amides is 1. The van der Waals surface area contributed by atoms with Crippen LogP contribution in [-0.4, -0.2) is 49.8 Å². The van der Waals surface area contributed by atoms with Gasteiger partial charge in [-0.3, -0.25) is 4.79 Å². The molecule has 1 aliphatic carbocycles. The summed E-state index contributed by atoms with van der Waals surface area (Å²) >= 11 is 0. The average Bonchev–Trinajstić information content (AvgIpc) is 2.76. The molecule has 1 aromatic carbocycles. The van der Waals surface area contributed by atoms with Gasteiger partial charge in [-0.1, -0.05) is 32.3 Å². The van der Waals surface area contributed by atoms with E-state index in [0.29, 0.717) is 19.0 Å². The first-order valence-corrected chi connectivity index (χ1v) is 12.3. The van der Waals surface area contributed by atoms with Crippen molar-refractivity contribution in [2.24, 2.45) is 5.92 Å². The minimum Gasteiger partial charge on any atom is -0.449 e. The molecule has 3 rings (SSSR count). The van der Waals surface area contributed by atoms with Crippen LogP contribution in [0.4, 0.5) is 0 Å². The zero-order valence-corrected chi connectivity index (χ0v) is 18.6. The molecule has 0 aromatic heterocycles. The van der Waals surface area contributed by atoms with Crippen LogP contribution in [0.2, 0.25) is 0 Å². The average molecular weight is 437 g/mol. The van der Waals surface area contributed by atoms with Crippen LogP contribution in [-0.2, 0) is 19.6 Å². The van der Waals surface area contributed by atoms with Gasteiger partial charge in [0.2, 0.25) is 10.0 Å². The second-order valence-electron chi connectivity index (χ2n) is 8.42. The van der Waals surface area contributed by atoms with Crippen LogP contribution in [0.1, 0.15) is 69.2 Å². The maximum absolute atomic E-state index is 12.9. The molecule has 7 nitrogen and oxygen atoms in total. The van der Waals surface area contributed by atoms with Gasteiger partial charge < -0.3 is 10.1 Å². The smallest absolute Gasteiger partial charge is 0.338 e. The number of carbonyl (C=O) groups excluding carboxylic acids is 2. The van der Waals surface area contributed by atoms with E-state index in [4.69, 9.17) is 4.74 Å². The van der Waals surface area contributed by atoms with Crippen molar-refractivity contribution in [1.29, 1.82) is 0 Å². The van der Waals surface area contributed by atoms with Crippen LogP contribution in [0.3, 0.4) is 0 Å². The topological polar surface area (TPSA) is 92.8 Å². The third-order valence-corrected chi connectivity index (χ3v) is 8.01. The first-order chi connectivity index (χ1) is 14.3. The first kappa shape index (κ1) is 22.7. The Balaban J connectivity index is 1.63. The Morgan fingerprint density at radius 1 is 1.10 bits per heavy atom. The Bertz CT molecular complexity index is 864. The summed E-state index contributed by atoms with van der Waals surface area (Å²) in [6.45, 7) is 4.64. The molecule has 8 heteroatoms. The molecule has 3 atom stereocenters. The molecule has 0 unspecified atom stereocenters. The van der Waals surface area contributed by atoms with E-state index in [-0.39, 0.29) is 22.4 Å². The number of nitrogens with zero attached hydrogens (tertiary/aromatic N) is 1. The van der Waals surface area contributed by atoms with E-state index < -0.39 is 22.1 Å². The van der Waals surface area contributed by atoms with Crippen molar-refractivity contribution in [2.75, 3.05) is 13.1 Å². The van der Waals surface area contributed by atoms with Crippen molar-refractivity contribution in [3.63, 3.8) is 0 Å². The van der Waals surface area contributed by atoms with E-state index >= 15 is 0 Å². The van der Waals surface area contributed by atoms with E-state index in [9.17, 15) is 18.0 Å². The van der Waals surface area contributed by atoms with E-state index in [1.165, 1.54) is 41.9 Å². The number of esters is 1. The van der Waals surface area contributed by atoms with Crippen LogP contribution in [0.25, 0.3) is 0 Å². The lowest BCUT2D eigenvalue weighted by molar-refractivity contribution is -0.130. The Kier molecular flexibility index (Phi) is 7.52. The van der Waals surface area contributed by atoms with Gasteiger partial charge in [-0.2, -0.15) is 4.31 Å². The molecule has 30 heavy (non-hydrogen) atoms. The summed E-state index contributed by atoms with van der Waals surface area (Å²) in [5.41, 5.74) is 0.124. The van der Waals surface area contributed by atoms with Crippen LogP contribution in [0.5, 0.6) is 0 Å². The summed E-state index contributed by atoms with van der Waals surface area (Å²) in [6.07, 6.45) is 6.03. The second-order valence-corrected chi connectivity index (χ2v) is 10.4. The van der Waals surface area contributed by atoms with Crippen molar-refractivity contribution in [2.45, 2.75) is 75.8 Å². The van der Waals surface area contributed by atoms with Crippen molar-refractivity contribution in [3.05, 3.63) is 29.8 Å². The Morgan fingerprint density at radius 2 is 1.80 bits per heavy atom. The fourth-order valence-electron chi connectivity index (χ4n) is 4.15. The maximum Gasteiger partial charge on any atom is 0.338 e. The molecule has 1 aliphatic heterocycles. The van der Waals surface area contributed by atoms with Crippen molar-refractivity contribution >= 4 is 21.9 Å². The van der Waals surface area contributed by atoms with Gasteiger partial charge >= 0.3 is 5.97 Å². The van der Waals surface area contributed by atoms with Crippen molar-refractivity contribution in [3.8, 4) is 0 Å². The molecule has 0 spiro atoms. The molecule has 1 heterocycles. The highest BCUT2D eigenvalue weighted by atomic mass is 32.2. The number of benzene rings is 1. The molecular formula is C22H32N2O5S. The fourth-order valence-corrected chi connectivity index (χ4v) is 5.71. The number of ether oxygens (including phenoxy) is 1. The largest absolute Gasteiger partial charge is 0.449 e. The van der Waals surface area contributed by atoms with Crippen LogP contribution < -0.4 is 5.32 Å². The number of sulfonamides is 1. The summed E-state index contributed by atoms with van der Waals surface area (Å²) in [5.74, 6) is -0.619. The predicted molar refractivity (Wildman–Crippen MR) is 113 cm³/mol. The Morgan fingerprint density at radius 3 is 2.50 bits per heavy atom. The molecule has 2 aliphatic rings. The molecule has 1 saturated heterocycles. The molecule has 1 aromatic rings. The minimum atomic E-state index is -3.64. The highest BCUT2D eigenvalue weighted by Gasteiger charge is 2.28. The Labute approximate surface area is 179 Å². The normalized spacial score (nSPS) is 24.1. The van der Waals surface area contributed by atoms with Crippen LogP contribution in [0.15, 0.2) is 29.2 Å². The molecule has 1 N–H and O–H groups in total. The van der Waals surface area contributed by atoms with Crippen LogP contribution >= 0.6 is 0 Å². The van der Waals surface area contributed by atoms with Crippen molar-refractivity contribution < 1.29 is 22.7 Å². The molecular weight excluding hydrogens is 404 g/mol. The summed E-state index contributed by atoms with van der Waals surface area (Å²) in [4.78, 5) is 25.1. The second kappa shape index (κ2) is 9.92. The number of rotatable bonds is 6. The highest BCUT2D eigenvalue weighted by Crippen LogP contribution is 2.24. The molecule has 1 saturated carbocycles. The van der Waals surface area contributed by atoms with Crippen LogP contribution in [0, 0.1) is 5.92 Å². The summed E-state index contributed by atoms with van der Waals surface area (Å²) < 4.78 is 32.5. The summed E-state index contributed by atoms with van der Waals surface area (Å²) in [6, 6.07) is 5.96. The van der Waals surface area contributed by atoms with E-state index in [2.05, 4.69) is 12.2 Å². The zero-order chi connectivity index (χ0) is 21.7. The number of hydrogen-bond donors (Lipinski definition) is 1. The van der Waals surface area contributed by atoms with Gasteiger partial charge in [-0.05, 0) is 56.7 Å². The quantitative estimate of drug-likeness (QED) is 0.692. The molecule has 0 bridgehead atoms. The number of piperidine rings is 1. The lowest BCUT2D eigenvalue weighted by atomic mass is 9.86. The molecule has 0 radical (unpaired) electrons.